The second-order valence-corrected chi connectivity index (χ2v) is 5.91. The fraction of sp³-hybridized carbons (Fsp3) is 0.500. The first kappa shape index (κ1) is 15.5. The van der Waals surface area contributed by atoms with Gasteiger partial charge in [-0.3, -0.25) is 0 Å². The van der Waals surface area contributed by atoms with E-state index in [9.17, 15) is 0 Å². The second-order valence-electron chi connectivity index (χ2n) is 5.91. The Morgan fingerprint density at radius 1 is 1.19 bits per heavy atom. The Kier molecular flexibility index (Phi) is 5.33. The van der Waals surface area contributed by atoms with Crippen LogP contribution in [0.5, 0.6) is 5.75 Å². The molecule has 21 heavy (non-hydrogen) atoms. The van der Waals surface area contributed by atoms with Gasteiger partial charge in [-0.1, -0.05) is 37.2 Å². The van der Waals surface area contributed by atoms with Crippen molar-refractivity contribution in [2.45, 2.75) is 39.7 Å². The molecule has 0 atom stereocenters. The van der Waals surface area contributed by atoms with Crippen molar-refractivity contribution in [3.05, 3.63) is 42.0 Å². The van der Waals surface area contributed by atoms with Crippen LogP contribution in [0, 0.1) is 5.41 Å². The minimum absolute atomic E-state index is 0.198. The summed E-state index contributed by atoms with van der Waals surface area (Å²) in [7, 11) is 0. The van der Waals surface area contributed by atoms with Gasteiger partial charge in [0.1, 0.15) is 5.75 Å². The normalized spacial score (nSPS) is 11.6. The highest BCUT2D eigenvalue weighted by Gasteiger charge is 2.18. The van der Waals surface area contributed by atoms with Gasteiger partial charge >= 0.3 is 0 Å². The molecule has 5 heteroatoms. The SMILES string of the molecule is CC(C)(CCN)CCc1nc(COc2ccccc2)no1. The van der Waals surface area contributed by atoms with Crippen LogP contribution in [0.3, 0.4) is 0 Å². The molecule has 0 fully saturated rings. The molecule has 0 amide bonds. The van der Waals surface area contributed by atoms with E-state index in [1.54, 1.807) is 0 Å². The fourth-order valence-corrected chi connectivity index (χ4v) is 2.08. The zero-order valence-electron chi connectivity index (χ0n) is 12.7. The number of para-hydroxylation sites is 1. The lowest BCUT2D eigenvalue weighted by Gasteiger charge is -2.22. The highest BCUT2D eigenvalue weighted by Crippen LogP contribution is 2.25. The average Bonchev–Trinajstić information content (AvgIpc) is 2.92. The van der Waals surface area contributed by atoms with Gasteiger partial charge < -0.3 is 15.0 Å². The van der Waals surface area contributed by atoms with Crippen molar-refractivity contribution in [3.8, 4) is 5.75 Å². The molecule has 1 aromatic carbocycles. The average molecular weight is 289 g/mol. The third-order valence-electron chi connectivity index (χ3n) is 3.46. The predicted octanol–water partition coefficient (Wildman–Crippen LogP) is 2.96. The van der Waals surface area contributed by atoms with E-state index in [0.717, 1.165) is 25.0 Å². The molecule has 0 saturated heterocycles. The second kappa shape index (κ2) is 7.22. The van der Waals surface area contributed by atoms with Gasteiger partial charge in [-0.05, 0) is 36.9 Å². The number of ether oxygens (including phenoxy) is 1. The maximum atomic E-state index is 5.61. The minimum Gasteiger partial charge on any atom is -0.485 e. The van der Waals surface area contributed by atoms with Crippen LogP contribution < -0.4 is 10.5 Å². The molecule has 1 aromatic heterocycles. The van der Waals surface area contributed by atoms with Crippen molar-refractivity contribution in [1.29, 1.82) is 0 Å². The minimum atomic E-state index is 0.198. The van der Waals surface area contributed by atoms with Crippen LogP contribution in [-0.4, -0.2) is 16.7 Å². The quantitative estimate of drug-likeness (QED) is 0.808. The number of rotatable bonds is 8. The van der Waals surface area contributed by atoms with Crippen LogP contribution in [-0.2, 0) is 13.0 Å². The van der Waals surface area contributed by atoms with Crippen LogP contribution in [0.4, 0.5) is 0 Å². The fourth-order valence-electron chi connectivity index (χ4n) is 2.08. The lowest BCUT2D eigenvalue weighted by molar-refractivity contribution is 0.277. The summed E-state index contributed by atoms with van der Waals surface area (Å²) in [5, 5.41) is 3.94. The zero-order valence-corrected chi connectivity index (χ0v) is 12.7. The van der Waals surface area contributed by atoms with Gasteiger partial charge in [0.15, 0.2) is 6.61 Å². The van der Waals surface area contributed by atoms with Crippen molar-refractivity contribution in [3.63, 3.8) is 0 Å². The largest absolute Gasteiger partial charge is 0.485 e. The summed E-state index contributed by atoms with van der Waals surface area (Å²) in [5.74, 6) is 2.03. The lowest BCUT2D eigenvalue weighted by atomic mass is 9.84. The molecule has 1 heterocycles. The Hall–Kier alpha value is -1.88. The molecule has 2 aromatic rings. The molecule has 0 aliphatic heterocycles. The maximum Gasteiger partial charge on any atom is 0.226 e. The van der Waals surface area contributed by atoms with Crippen molar-refractivity contribution in [1.82, 2.24) is 10.1 Å². The molecule has 0 aliphatic rings. The molecule has 0 aliphatic carbocycles. The first-order valence-electron chi connectivity index (χ1n) is 7.28. The number of nitrogens with two attached hydrogens (primary N) is 1. The van der Waals surface area contributed by atoms with Gasteiger partial charge in [0, 0.05) is 6.42 Å². The van der Waals surface area contributed by atoms with Gasteiger partial charge in [-0.25, -0.2) is 0 Å². The molecule has 2 N–H and O–H groups in total. The van der Waals surface area contributed by atoms with Crippen LogP contribution in [0.1, 0.15) is 38.4 Å². The Labute approximate surface area is 125 Å². The molecular weight excluding hydrogens is 266 g/mol. The molecule has 0 bridgehead atoms. The monoisotopic (exact) mass is 289 g/mol. The smallest absolute Gasteiger partial charge is 0.226 e. The Morgan fingerprint density at radius 2 is 1.95 bits per heavy atom. The highest BCUT2D eigenvalue weighted by molar-refractivity contribution is 5.20. The van der Waals surface area contributed by atoms with Gasteiger partial charge in [0.05, 0.1) is 0 Å². The standard InChI is InChI=1S/C16H23N3O2/c1-16(2,10-11-17)9-8-15-18-14(19-21-15)12-20-13-6-4-3-5-7-13/h3-7H,8-12,17H2,1-2H3. The summed E-state index contributed by atoms with van der Waals surface area (Å²) in [6.45, 7) is 5.43. The lowest BCUT2D eigenvalue weighted by Crippen LogP contribution is -2.17. The van der Waals surface area contributed by atoms with E-state index in [-0.39, 0.29) is 5.41 Å². The van der Waals surface area contributed by atoms with Crippen molar-refractivity contribution < 1.29 is 9.26 Å². The highest BCUT2D eigenvalue weighted by atomic mass is 16.5. The maximum absolute atomic E-state index is 5.61. The summed E-state index contributed by atoms with van der Waals surface area (Å²) in [4.78, 5) is 4.35. The van der Waals surface area contributed by atoms with Crippen molar-refractivity contribution in [2.75, 3.05) is 6.54 Å². The third-order valence-corrected chi connectivity index (χ3v) is 3.46. The first-order chi connectivity index (χ1) is 10.1. The Balaban J connectivity index is 1.81. The molecule has 5 nitrogen and oxygen atoms in total. The van der Waals surface area contributed by atoms with Crippen LogP contribution in [0.25, 0.3) is 0 Å². The van der Waals surface area contributed by atoms with E-state index in [4.69, 9.17) is 15.0 Å². The van der Waals surface area contributed by atoms with E-state index >= 15 is 0 Å². The van der Waals surface area contributed by atoms with Crippen molar-refractivity contribution in [2.24, 2.45) is 11.1 Å². The van der Waals surface area contributed by atoms with Gasteiger partial charge in [-0.15, -0.1) is 0 Å². The topological polar surface area (TPSA) is 74.2 Å². The van der Waals surface area contributed by atoms with E-state index < -0.39 is 0 Å². The third kappa shape index (κ3) is 5.19. The van der Waals surface area contributed by atoms with Gasteiger partial charge in [0.2, 0.25) is 11.7 Å². The molecule has 0 radical (unpaired) electrons. The molecule has 0 unspecified atom stereocenters. The first-order valence-corrected chi connectivity index (χ1v) is 7.28. The summed E-state index contributed by atoms with van der Waals surface area (Å²) in [5.41, 5.74) is 5.81. The van der Waals surface area contributed by atoms with Crippen LogP contribution in [0.15, 0.2) is 34.9 Å². The number of nitrogens with zero attached hydrogens (tertiary/aromatic N) is 2. The predicted molar refractivity (Wildman–Crippen MR) is 80.8 cm³/mol. The van der Waals surface area contributed by atoms with Gasteiger partial charge in [0.25, 0.3) is 0 Å². The van der Waals surface area contributed by atoms with Crippen LogP contribution in [0.2, 0.25) is 0 Å². The molecule has 0 saturated carbocycles. The summed E-state index contributed by atoms with van der Waals surface area (Å²) < 4.78 is 10.8. The molecule has 2 rings (SSSR count). The molecule has 114 valence electrons. The summed E-state index contributed by atoms with van der Waals surface area (Å²) in [6.07, 6.45) is 2.74. The van der Waals surface area contributed by atoms with E-state index in [1.165, 1.54) is 0 Å². The van der Waals surface area contributed by atoms with E-state index in [0.29, 0.717) is 24.9 Å². The number of hydrogen-bond acceptors (Lipinski definition) is 5. The number of aryl methyl sites for hydroxylation is 1. The van der Waals surface area contributed by atoms with Gasteiger partial charge in [-0.2, -0.15) is 4.98 Å². The summed E-state index contributed by atoms with van der Waals surface area (Å²) >= 11 is 0. The summed E-state index contributed by atoms with van der Waals surface area (Å²) in [6, 6.07) is 9.60. The zero-order chi connectivity index (χ0) is 15.1. The molecule has 0 spiro atoms. The molecular formula is C16H23N3O2. The Bertz CT molecular complexity index is 537. The Morgan fingerprint density at radius 3 is 2.67 bits per heavy atom. The van der Waals surface area contributed by atoms with E-state index in [2.05, 4.69) is 24.0 Å². The number of aromatic nitrogens is 2. The number of benzene rings is 1. The van der Waals surface area contributed by atoms with E-state index in [1.807, 2.05) is 30.3 Å². The number of hydrogen-bond donors (Lipinski definition) is 1. The van der Waals surface area contributed by atoms with Crippen LogP contribution >= 0.6 is 0 Å². The van der Waals surface area contributed by atoms with Crippen molar-refractivity contribution >= 4 is 0 Å².